The summed E-state index contributed by atoms with van der Waals surface area (Å²) in [6.07, 6.45) is 0. The van der Waals surface area contributed by atoms with Crippen molar-refractivity contribution in [3.8, 4) is 11.5 Å². The molecule has 0 aliphatic heterocycles. The van der Waals surface area contributed by atoms with Gasteiger partial charge < -0.3 is 19.7 Å². The van der Waals surface area contributed by atoms with Crippen molar-refractivity contribution in [1.82, 2.24) is 10.2 Å². The van der Waals surface area contributed by atoms with E-state index in [1.54, 1.807) is 30.1 Å². The van der Waals surface area contributed by atoms with Crippen LogP contribution in [0.15, 0.2) is 42.5 Å². The van der Waals surface area contributed by atoms with E-state index in [-0.39, 0.29) is 18.4 Å². The van der Waals surface area contributed by atoms with Crippen LogP contribution in [-0.2, 0) is 11.3 Å². The van der Waals surface area contributed by atoms with Crippen LogP contribution in [0.25, 0.3) is 0 Å². The van der Waals surface area contributed by atoms with Gasteiger partial charge in [-0.2, -0.15) is 0 Å². The SMILES string of the molecule is COc1ccc(C(=O)NCC(=O)N(C)Cc2ccc(C)cc2)cc1OC. The fourth-order valence-electron chi connectivity index (χ4n) is 2.43. The van der Waals surface area contributed by atoms with Gasteiger partial charge in [-0.3, -0.25) is 9.59 Å². The third-order valence-corrected chi connectivity index (χ3v) is 4.01. The number of amides is 2. The largest absolute Gasteiger partial charge is 0.493 e. The average Bonchev–Trinajstić information content (AvgIpc) is 2.66. The van der Waals surface area contributed by atoms with Crippen LogP contribution in [0, 0.1) is 6.92 Å². The Labute approximate surface area is 153 Å². The molecule has 0 saturated heterocycles. The number of nitrogens with zero attached hydrogens (tertiary/aromatic N) is 1. The molecule has 0 unspecified atom stereocenters. The van der Waals surface area contributed by atoms with Crippen molar-refractivity contribution in [2.24, 2.45) is 0 Å². The molecule has 0 aliphatic carbocycles. The van der Waals surface area contributed by atoms with Crippen molar-refractivity contribution >= 4 is 11.8 Å². The molecule has 2 aromatic carbocycles. The van der Waals surface area contributed by atoms with Gasteiger partial charge in [0, 0.05) is 19.2 Å². The predicted molar refractivity (Wildman–Crippen MR) is 99.5 cm³/mol. The van der Waals surface area contributed by atoms with Gasteiger partial charge in [-0.1, -0.05) is 29.8 Å². The summed E-state index contributed by atoms with van der Waals surface area (Å²) in [7, 11) is 4.74. The molecule has 0 atom stereocenters. The van der Waals surface area contributed by atoms with E-state index < -0.39 is 0 Å². The van der Waals surface area contributed by atoms with E-state index in [2.05, 4.69) is 5.32 Å². The van der Waals surface area contributed by atoms with Crippen LogP contribution in [-0.4, -0.2) is 44.5 Å². The minimum absolute atomic E-state index is 0.0739. The van der Waals surface area contributed by atoms with Crippen LogP contribution in [0.3, 0.4) is 0 Å². The summed E-state index contributed by atoms with van der Waals surface area (Å²) < 4.78 is 10.3. The Kier molecular flexibility index (Phi) is 6.60. The molecule has 2 rings (SSSR count). The number of nitrogens with one attached hydrogen (secondary N) is 1. The van der Waals surface area contributed by atoms with E-state index in [1.165, 1.54) is 19.8 Å². The van der Waals surface area contributed by atoms with Crippen LogP contribution in [0.1, 0.15) is 21.5 Å². The number of benzene rings is 2. The summed E-state index contributed by atoms with van der Waals surface area (Å²) >= 11 is 0. The second-order valence-electron chi connectivity index (χ2n) is 5.99. The van der Waals surface area contributed by atoms with Crippen LogP contribution >= 0.6 is 0 Å². The predicted octanol–water partition coefficient (Wildman–Crippen LogP) is 2.40. The Balaban J connectivity index is 1.91. The summed E-state index contributed by atoms with van der Waals surface area (Å²) in [5, 5.41) is 2.64. The molecule has 0 aliphatic rings. The van der Waals surface area contributed by atoms with Crippen LogP contribution < -0.4 is 14.8 Å². The maximum Gasteiger partial charge on any atom is 0.251 e. The highest BCUT2D eigenvalue weighted by atomic mass is 16.5. The highest BCUT2D eigenvalue weighted by Crippen LogP contribution is 2.27. The topological polar surface area (TPSA) is 67.9 Å². The minimum Gasteiger partial charge on any atom is -0.493 e. The first kappa shape index (κ1) is 19.3. The van der Waals surface area contributed by atoms with E-state index in [0.29, 0.717) is 23.6 Å². The first-order valence-electron chi connectivity index (χ1n) is 8.24. The van der Waals surface area contributed by atoms with Gasteiger partial charge in [0.1, 0.15) is 0 Å². The molecule has 0 heterocycles. The number of ether oxygens (including phenoxy) is 2. The van der Waals surface area contributed by atoms with E-state index in [9.17, 15) is 9.59 Å². The molecule has 0 bridgehead atoms. The van der Waals surface area contributed by atoms with Crippen molar-refractivity contribution in [2.45, 2.75) is 13.5 Å². The Bertz CT molecular complexity index is 772. The molecule has 1 N–H and O–H groups in total. The second-order valence-corrected chi connectivity index (χ2v) is 5.99. The number of carbonyl (C=O) groups excluding carboxylic acids is 2. The first-order chi connectivity index (χ1) is 12.4. The quantitative estimate of drug-likeness (QED) is 0.827. The molecule has 0 fully saturated rings. The number of aryl methyl sites for hydroxylation is 1. The maximum atomic E-state index is 12.3. The lowest BCUT2D eigenvalue weighted by atomic mass is 10.1. The van der Waals surface area contributed by atoms with Gasteiger partial charge in [0.05, 0.1) is 20.8 Å². The second kappa shape index (κ2) is 8.89. The van der Waals surface area contributed by atoms with E-state index >= 15 is 0 Å². The van der Waals surface area contributed by atoms with Gasteiger partial charge in [-0.15, -0.1) is 0 Å². The van der Waals surface area contributed by atoms with Gasteiger partial charge >= 0.3 is 0 Å². The highest BCUT2D eigenvalue weighted by Gasteiger charge is 2.14. The molecule has 0 radical (unpaired) electrons. The molecule has 2 amide bonds. The Morgan fingerprint density at radius 3 is 2.27 bits per heavy atom. The zero-order valence-electron chi connectivity index (χ0n) is 15.5. The van der Waals surface area contributed by atoms with E-state index in [4.69, 9.17) is 9.47 Å². The summed E-state index contributed by atoms with van der Waals surface area (Å²) in [4.78, 5) is 26.1. The number of likely N-dealkylation sites (N-methyl/N-ethyl adjacent to an activating group) is 1. The maximum absolute atomic E-state index is 12.3. The summed E-state index contributed by atoms with van der Waals surface area (Å²) in [6.45, 7) is 2.43. The van der Waals surface area contributed by atoms with Crippen molar-refractivity contribution < 1.29 is 19.1 Å². The first-order valence-corrected chi connectivity index (χ1v) is 8.24. The van der Waals surface area contributed by atoms with Gasteiger partial charge in [-0.05, 0) is 30.7 Å². The van der Waals surface area contributed by atoms with Crippen LogP contribution in [0.5, 0.6) is 11.5 Å². The lowest BCUT2D eigenvalue weighted by Crippen LogP contribution is -2.37. The smallest absolute Gasteiger partial charge is 0.251 e. The zero-order chi connectivity index (χ0) is 19.1. The zero-order valence-corrected chi connectivity index (χ0v) is 15.5. The molecular weight excluding hydrogens is 332 g/mol. The molecule has 6 heteroatoms. The molecule has 2 aromatic rings. The fourth-order valence-corrected chi connectivity index (χ4v) is 2.43. The molecular formula is C20H24N2O4. The number of methoxy groups -OCH3 is 2. The number of carbonyl (C=O) groups is 2. The normalized spacial score (nSPS) is 10.2. The molecule has 0 spiro atoms. The lowest BCUT2D eigenvalue weighted by Gasteiger charge is -2.18. The van der Waals surface area contributed by atoms with Crippen LogP contribution in [0.2, 0.25) is 0 Å². The lowest BCUT2D eigenvalue weighted by molar-refractivity contribution is -0.129. The standard InChI is InChI=1S/C20H24N2O4/c1-14-5-7-15(8-6-14)13-22(2)19(23)12-21-20(24)16-9-10-17(25-3)18(11-16)26-4/h5-11H,12-13H2,1-4H3,(H,21,24). The van der Waals surface area contributed by atoms with Gasteiger partial charge in [0.25, 0.3) is 5.91 Å². The Hall–Kier alpha value is -3.02. The van der Waals surface area contributed by atoms with Crippen LogP contribution in [0.4, 0.5) is 0 Å². The molecule has 138 valence electrons. The van der Waals surface area contributed by atoms with Gasteiger partial charge in [0.2, 0.25) is 5.91 Å². The summed E-state index contributed by atoms with van der Waals surface area (Å²) in [6, 6.07) is 12.8. The Morgan fingerprint density at radius 1 is 1.00 bits per heavy atom. The third kappa shape index (κ3) is 4.99. The van der Waals surface area contributed by atoms with Gasteiger partial charge in [-0.25, -0.2) is 0 Å². The average molecular weight is 356 g/mol. The summed E-state index contributed by atoms with van der Waals surface area (Å²) in [5.41, 5.74) is 2.61. The molecule has 0 aromatic heterocycles. The van der Waals surface area contributed by atoms with Crippen molar-refractivity contribution in [2.75, 3.05) is 27.8 Å². The molecule has 0 saturated carbocycles. The fraction of sp³-hybridized carbons (Fsp3) is 0.300. The van der Waals surface area contributed by atoms with E-state index in [1.807, 2.05) is 31.2 Å². The highest BCUT2D eigenvalue weighted by molar-refractivity contribution is 5.97. The molecule has 26 heavy (non-hydrogen) atoms. The monoisotopic (exact) mass is 356 g/mol. The third-order valence-electron chi connectivity index (χ3n) is 4.01. The van der Waals surface area contributed by atoms with Crippen molar-refractivity contribution in [3.63, 3.8) is 0 Å². The minimum atomic E-state index is -0.344. The van der Waals surface area contributed by atoms with E-state index in [0.717, 1.165) is 5.56 Å². The number of hydrogen-bond donors (Lipinski definition) is 1. The summed E-state index contributed by atoms with van der Waals surface area (Å²) in [5.74, 6) is 0.489. The van der Waals surface area contributed by atoms with Crippen molar-refractivity contribution in [3.05, 3.63) is 59.2 Å². The van der Waals surface area contributed by atoms with Gasteiger partial charge in [0.15, 0.2) is 11.5 Å². The Morgan fingerprint density at radius 2 is 1.65 bits per heavy atom. The number of hydrogen-bond acceptors (Lipinski definition) is 4. The van der Waals surface area contributed by atoms with Crippen molar-refractivity contribution in [1.29, 1.82) is 0 Å². The molecule has 6 nitrogen and oxygen atoms in total. The number of rotatable bonds is 7.